The second-order valence-electron chi connectivity index (χ2n) is 9.12. The lowest BCUT2D eigenvalue weighted by atomic mass is 10.1. The lowest BCUT2D eigenvalue weighted by Crippen LogP contribution is -2.45. The van der Waals surface area contributed by atoms with Gasteiger partial charge < -0.3 is 20.3 Å². The number of hydrogen-bond donors (Lipinski definition) is 2. The van der Waals surface area contributed by atoms with Gasteiger partial charge in [0, 0.05) is 43.9 Å². The Morgan fingerprint density at radius 3 is 2.69 bits per heavy atom. The van der Waals surface area contributed by atoms with E-state index in [0.717, 1.165) is 63.3 Å². The van der Waals surface area contributed by atoms with Gasteiger partial charge in [0.15, 0.2) is 5.96 Å². The van der Waals surface area contributed by atoms with Crippen molar-refractivity contribution in [1.82, 2.24) is 20.5 Å². The van der Waals surface area contributed by atoms with Crippen LogP contribution in [0.2, 0.25) is 0 Å². The van der Waals surface area contributed by atoms with Crippen LogP contribution in [0.15, 0.2) is 23.3 Å². The molecule has 2 saturated carbocycles. The molecule has 2 heterocycles. The third kappa shape index (κ3) is 6.96. The zero-order valence-corrected chi connectivity index (χ0v) is 21.6. The van der Waals surface area contributed by atoms with E-state index in [2.05, 4.69) is 22.5 Å². The standard InChI is InChI=1S/C24H37N5O2.HI/c1-2-25-24(28-20-12-14-29(17-20)23(30)19-7-3-4-8-19)27-16-18-11-13-26-22(15-18)31-21-9-5-6-10-21;/h11,13,15,19-21H,2-10,12,14,16-17H2,1H3,(H2,25,27,28);1H. The maximum Gasteiger partial charge on any atom is 0.225 e. The number of nitrogens with one attached hydrogen (secondary N) is 2. The van der Waals surface area contributed by atoms with E-state index in [0.29, 0.717) is 24.4 Å². The zero-order chi connectivity index (χ0) is 21.5. The van der Waals surface area contributed by atoms with Crippen LogP contribution < -0.4 is 15.4 Å². The minimum absolute atomic E-state index is 0. The van der Waals surface area contributed by atoms with Gasteiger partial charge in [0.05, 0.1) is 6.54 Å². The number of nitrogens with zero attached hydrogens (tertiary/aromatic N) is 3. The van der Waals surface area contributed by atoms with Crippen LogP contribution in [0.4, 0.5) is 0 Å². The first-order valence-electron chi connectivity index (χ1n) is 12.2. The van der Waals surface area contributed by atoms with Crippen molar-refractivity contribution in [3.05, 3.63) is 23.9 Å². The van der Waals surface area contributed by atoms with Crippen LogP contribution >= 0.6 is 24.0 Å². The Morgan fingerprint density at radius 2 is 1.94 bits per heavy atom. The quantitative estimate of drug-likeness (QED) is 0.304. The summed E-state index contributed by atoms with van der Waals surface area (Å²) in [6.45, 7) is 5.06. The molecule has 0 spiro atoms. The molecule has 0 radical (unpaired) electrons. The number of carbonyl (C=O) groups is 1. The molecule has 1 atom stereocenters. The smallest absolute Gasteiger partial charge is 0.225 e. The van der Waals surface area contributed by atoms with Crippen molar-refractivity contribution in [3.8, 4) is 5.88 Å². The molecular formula is C24H38IN5O2. The summed E-state index contributed by atoms with van der Waals surface area (Å²) >= 11 is 0. The average molecular weight is 556 g/mol. The van der Waals surface area contributed by atoms with Gasteiger partial charge in [-0.15, -0.1) is 24.0 Å². The van der Waals surface area contributed by atoms with Gasteiger partial charge in [-0.25, -0.2) is 9.98 Å². The van der Waals surface area contributed by atoms with Crippen molar-refractivity contribution in [2.75, 3.05) is 19.6 Å². The number of ether oxygens (including phenoxy) is 1. The second kappa shape index (κ2) is 12.6. The minimum atomic E-state index is 0. The summed E-state index contributed by atoms with van der Waals surface area (Å²) in [5.41, 5.74) is 1.09. The van der Waals surface area contributed by atoms with Gasteiger partial charge in [-0.2, -0.15) is 0 Å². The predicted octanol–water partition coefficient (Wildman–Crippen LogP) is 3.87. The summed E-state index contributed by atoms with van der Waals surface area (Å²) < 4.78 is 6.03. The third-order valence-corrected chi connectivity index (χ3v) is 6.70. The minimum Gasteiger partial charge on any atom is -0.474 e. The third-order valence-electron chi connectivity index (χ3n) is 6.70. The SMILES string of the molecule is CCNC(=NCc1ccnc(OC2CCCC2)c1)NC1CCN(C(=O)C2CCCC2)C1.I. The van der Waals surface area contributed by atoms with E-state index >= 15 is 0 Å². The van der Waals surface area contributed by atoms with Crippen LogP contribution in [0.1, 0.15) is 70.3 Å². The Hall–Kier alpha value is -1.58. The van der Waals surface area contributed by atoms with Crippen LogP contribution in [0.5, 0.6) is 5.88 Å². The van der Waals surface area contributed by atoms with Crippen LogP contribution in [0.3, 0.4) is 0 Å². The molecule has 178 valence electrons. The predicted molar refractivity (Wildman–Crippen MR) is 137 cm³/mol. The van der Waals surface area contributed by atoms with E-state index in [1.54, 1.807) is 6.20 Å². The van der Waals surface area contributed by atoms with Crippen molar-refractivity contribution in [3.63, 3.8) is 0 Å². The Morgan fingerprint density at radius 1 is 1.19 bits per heavy atom. The van der Waals surface area contributed by atoms with Crippen LogP contribution in [-0.2, 0) is 11.3 Å². The molecule has 1 unspecified atom stereocenters. The highest BCUT2D eigenvalue weighted by molar-refractivity contribution is 14.0. The zero-order valence-electron chi connectivity index (χ0n) is 19.2. The molecule has 32 heavy (non-hydrogen) atoms. The van der Waals surface area contributed by atoms with Crippen molar-refractivity contribution in [1.29, 1.82) is 0 Å². The fourth-order valence-electron chi connectivity index (χ4n) is 4.98. The molecule has 7 nitrogen and oxygen atoms in total. The molecule has 4 rings (SSSR count). The lowest BCUT2D eigenvalue weighted by molar-refractivity contribution is -0.134. The van der Waals surface area contributed by atoms with Crippen LogP contribution in [0.25, 0.3) is 0 Å². The van der Waals surface area contributed by atoms with E-state index in [1.165, 1.54) is 25.7 Å². The van der Waals surface area contributed by atoms with Crippen molar-refractivity contribution < 1.29 is 9.53 Å². The summed E-state index contributed by atoms with van der Waals surface area (Å²) in [5, 5.41) is 6.87. The molecule has 3 aliphatic rings. The molecule has 1 aromatic rings. The van der Waals surface area contributed by atoms with Crippen molar-refractivity contribution in [2.24, 2.45) is 10.9 Å². The van der Waals surface area contributed by atoms with Crippen LogP contribution in [0, 0.1) is 5.92 Å². The number of carbonyl (C=O) groups excluding carboxylic acids is 1. The van der Waals surface area contributed by atoms with Gasteiger partial charge in [0.2, 0.25) is 11.8 Å². The Kier molecular flexibility index (Phi) is 9.87. The average Bonchev–Trinajstić information content (AvgIpc) is 3.55. The number of halogens is 1. The van der Waals surface area contributed by atoms with E-state index in [4.69, 9.17) is 9.73 Å². The number of hydrogen-bond acceptors (Lipinski definition) is 4. The maximum atomic E-state index is 12.7. The van der Waals surface area contributed by atoms with Gasteiger partial charge >= 0.3 is 0 Å². The first-order chi connectivity index (χ1) is 15.2. The molecule has 2 N–H and O–H groups in total. The molecular weight excluding hydrogens is 517 g/mol. The lowest BCUT2D eigenvalue weighted by Gasteiger charge is -2.21. The summed E-state index contributed by atoms with van der Waals surface area (Å²) in [7, 11) is 0. The summed E-state index contributed by atoms with van der Waals surface area (Å²) in [6.07, 6.45) is 12.4. The largest absolute Gasteiger partial charge is 0.474 e. The van der Waals surface area contributed by atoms with Crippen molar-refractivity contribution in [2.45, 2.75) is 83.4 Å². The topological polar surface area (TPSA) is 78.9 Å². The summed E-state index contributed by atoms with van der Waals surface area (Å²) in [5.74, 6) is 2.12. The maximum absolute atomic E-state index is 12.7. The molecule has 1 aromatic heterocycles. The highest BCUT2D eigenvalue weighted by Crippen LogP contribution is 2.28. The van der Waals surface area contributed by atoms with Gasteiger partial charge in [-0.05, 0) is 63.5 Å². The molecule has 0 aromatic carbocycles. The molecule has 8 heteroatoms. The summed E-state index contributed by atoms with van der Waals surface area (Å²) in [6, 6.07) is 4.25. The van der Waals surface area contributed by atoms with E-state index in [9.17, 15) is 4.79 Å². The number of aromatic nitrogens is 1. The van der Waals surface area contributed by atoms with Gasteiger partial charge in [-0.1, -0.05) is 12.8 Å². The van der Waals surface area contributed by atoms with Gasteiger partial charge in [-0.3, -0.25) is 4.79 Å². The van der Waals surface area contributed by atoms with Gasteiger partial charge in [0.1, 0.15) is 6.10 Å². The second-order valence-corrected chi connectivity index (χ2v) is 9.12. The fourth-order valence-corrected chi connectivity index (χ4v) is 4.98. The first-order valence-corrected chi connectivity index (χ1v) is 12.2. The van der Waals surface area contributed by atoms with E-state index in [-0.39, 0.29) is 35.9 Å². The Labute approximate surface area is 209 Å². The number of likely N-dealkylation sites (tertiary alicyclic amines) is 1. The highest BCUT2D eigenvalue weighted by atomic mass is 127. The Bertz CT molecular complexity index is 763. The molecule has 1 aliphatic heterocycles. The number of rotatable bonds is 7. The van der Waals surface area contributed by atoms with E-state index in [1.807, 2.05) is 17.0 Å². The molecule has 2 aliphatic carbocycles. The number of pyridine rings is 1. The monoisotopic (exact) mass is 555 g/mol. The molecule has 1 saturated heterocycles. The fraction of sp³-hybridized carbons (Fsp3) is 0.708. The summed E-state index contributed by atoms with van der Waals surface area (Å²) in [4.78, 5) is 23.9. The first kappa shape index (κ1) is 25.1. The Balaban J connectivity index is 0.00000289. The van der Waals surface area contributed by atoms with Crippen LogP contribution in [-0.4, -0.2) is 53.5 Å². The number of amides is 1. The van der Waals surface area contributed by atoms with E-state index < -0.39 is 0 Å². The van der Waals surface area contributed by atoms with Gasteiger partial charge in [0.25, 0.3) is 0 Å². The molecule has 0 bridgehead atoms. The molecule has 1 amide bonds. The molecule has 3 fully saturated rings. The number of guanidine groups is 1. The normalized spacial score (nSPS) is 22.1. The highest BCUT2D eigenvalue weighted by Gasteiger charge is 2.32. The number of aliphatic imine (C=N–C) groups is 1. The van der Waals surface area contributed by atoms with Crippen molar-refractivity contribution >= 4 is 35.8 Å².